The van der Waals surface area contributed by atoms with Crippen LogP contribution >= 0.6 is 0 Å². The third kappa shape index (κ3) is 4.52. The van der Waals surface area contributed by atoms with E-state index in [0.717, 1.165) is 18.5 Å². The first-order chi connectivity index (χ1) is 7.38. The second-order valence-electron chi connectivity index (χ2n) is 5.41. The molecule has 0 heterocycles. The maximum absolute atomic E-state index is 4.06. The van der Waals surface area contributed by atoms with Crippen LogP contribution in [-0.4, -0.2) is 24.5 Å². The fourth-order valence-electron chi connectivity index (χ4n) is 2.10. The molecule has 0 aromatic heterocycles. The van der Waals surface area contributed by atoms with Gasteiger partial charge in [0.15, 0.2) is 0 Å². The van der Waals surface area contributed by atoms with E-state index in [1.54, 1.807) is 0 Å². The van der Waals surface area contributed by atoms with Gasteiger partial charge in [-0.25, -0.2) is 0 Å². The molecule has 1 heteroatoms. The largest absolute Gasteiger partial charge is 0.303 e. The molecule has 0 saturated heterocycles. The number of nitrogens with zero attached hydrogens (tertiary/aromatic N) is 1. The van der Waals surface area contributed by atoms with Crippen LogP contribution in [0.4, 0.5) is 0 Å². The fourth-order valence-corrected chi connectivity index (χ4v) is 2.10. The molecule has 0 aliphatic rings. The second kappa shape index (κ2) is 6.90. The van der Waals surface area contributed by atoms with E-state index in [1.165, 1.54) is 12.8 Å². The Labute approximate surface area is 102 Å². The maximum atomic E-state index is 4.06. The van der Waals surface area contributed by atoms with Gasteiger partial charge in [0, 0.05) is 6.04 Å². The highest BCUT2D eigenvalue weighted by atomic mass is 15.1. The third-order valence-electron chi connectivity index (χ3n) is 3.67. The molecule has 0 rings (SSSR count). The molecule has 0 radical (unpaired) electrons. The Morgan fingerprint density at radius 2 is 1.94 bits per heavy atom. The summed E-state index contributed by atoms with van der Waals surface area (Å²) in [5.74, 6) is 0. The van der Waals surface area contributed by atoms with E-state index >= 15 is 0 Å². The standard InChI is InChI=1S/C15H29N/c1-8-11-16(7)14(12-13(4)9-2)15(5,6)10-3/h9,14H,2,4,8,10-12H2,1,3,5-7H3. The van der Waals surface area contributed by atoms with E-state index < -0.39 is 0 Å². The molecule has 0 spiro atoms. The summed E-state index contributed by atoms with van der Waals surface area (Å²) >= 11 is 0. The number of allylic oxidation sites excluding steroid dienone is 1. The van der Waals surface area contributed by atoms with Crippen molar-refractivity contribution in [3.8, 4) is 0 Å². The number of hydrogen-bond donors (Lipinski definition) is 0. The maximum Gasteiger partial charge on any atom is 0.0183 e. The highest BCUT2D eigenvalue weighted by molar-refractivity contribution is 5.13. The fraction of sp³-hybridized carbons (Fsp3) is 0.733. The van der Waals surface area contributed by atoms with Gasteiger partial charge in [-0.2, -0.15) is 0 Å². The van der Waals surface area contributed by atoms with Crippen LogP contribution in [0.15, 0.2) is 24.8 Å². The van der Waals surface area contributed by atoms with Gasteiger partial charge in [0.05, 0.1) is 0 Å². The Morgan fingerprint density at radius 3 is 2.31 bits per heavy atom. The first-order valence-electron chi connectivity index (χ1n) is 6.39. The minimum Gasteiger partial charge on any atom is -0.303 e. The molecule has 1 atom stereocenters. The predicted octanol–water partition coefficient (Wildman–Crippen LogP) is 4.27. The quantitative estimate of drug-likeness (QED) is 0.556. The molecule has 0 saturated carbocycles. The Balaban J connectivity index is 4.75. The highest BCUT2D eigenvalue weighted by Gasteiger charge is 2.30. The molecule has 0 N–H and O–H groups in total. The normalized spacial score (nSPS) is 13.9. The average molecular weight is 223 g/mol. The van der Waals surface area contributed by atoms with Crippen LogP contribution < -0.4 is 0 Å². The van der Waals surface area contributed by atoms with Crippen molar-refractivity contribution in [2.45, 2.75) is 53.0 Å². The van der Waals surface area contributed by atoms with Crippen molar-refractivity contribution >= 4 is 0 Å². The van der Waals surface area contributed by atoms with Gasteiger partial charge in [-0.05, 0) is 38.3 Å². The summed E-state index contributed by atoms with van der Waals surface area (Å²) in [6.45, 7) is 18.2. The third-order valence-corrected chi connectivity index (χ3v) is 3.67. The molecule has 0 amide bonds. The molecule has 0 aliphatic carbocycles. The van der Waals surface area contributed by atoms with Crippen molar-refractivity contribution in [3.05, 3.63) is 24.8 Å². The van der Waals surface area contributed by atoms with Crippen LogP contribution in [0.25, 0.3) is 0 Å². The van der Waals surface area contributed by atoms with Gasteiger partial charge in [-0.1, -0.05) is 52.5 Å². The summed E-state index contributed by atoms with van der Waals surface area (Å²) in [5, 5.41) is 0. The predicted molar refractivity (Wildman–Crippen MR) is 74.7 cm³/mol. The summed E-state index contributed by atoms with van der Waals surface area (Å²) in [5.41, 5.74) is 1.48. The monoisotopic (exact) mass is 223 g/mol. The molecule has 0 aliphatic heterocycles. The average Bonchev–Trinajstić information content (AvgIpc) is 2.25. The van der Waals surface area contributed by atoms with Crippen molar-refractivity contribution in [1.29, 1.82) is 0 Å². The number of rotatable bonds is 8. The minimum atomic E-state index is 0.329. The van der Waals surface area contributed by atoms with Gasteiger partial charge in [0.25, 0.3) is 0 Å². The summed E-state index contributed by atoms with van der Waals surface area (Å²) < 4.78 is 0. The molecule has 0 bridgehead atoms. The van der Waals surface area contributed by atoms with Crippen molar-refractivity contribution in [1.82, 2.24) is 4.90 Å². The molecular formula is C15H29N. The smallest absolute Gasteiger partial charge is 0.0183 e. The molecule has 94 valence electrons. The van der Waals surface area contributed by atoms with Gasteiger partial charge in [-0.3, -0.25) is 0 Å². The second-order valence-corrected chi connectivity index (χ2v) is 5.41. The van der Waals surface area contributed by atoms with Crippen molar-refractivity contribution in [2.24, 2.45) is 5.41 Å². The van der Waals surface area contributed by atoms with Gasteiger partial charge >= 0.3 is 0 Å². The lowest BCUT2D eigenvalue weighted by Gasteiger charge is -2.40. The van der Waals surface area contributed by atoms with Gasteiger partial charge in [0.1, 0.15) is 0 Å². The highest BCUT2D eigenvalue weighted by Crippen LogP contribution is 2.32. The molecule has 1 nitrogen and oxygen atoms in total. The van der Waals surface area contributed by atoms with E-state index in [1.807, 2.05) is 6.08 Å². The molecule has 1 unspecified atom stereocenters. The van der Waals surface area contributed by atoms with Crippen LogP contribution in [-0.2, 0) is 0 Å². The van der Waals surface area contributed by atoms with Crippen molar-refractivity contribution in [2.75, 3.05) is 13.6 Å². The number of hydrogen-bond acceptors (Lipinski definition) is 1. The molecule has 0 aromatic rings. The molecule has 16 heavy (non-hydrogen) atoms. The summed E-state index contributed by atoms with van der Waals surface area (Å²) in [6.07, 6.45) is 5.31. The summed E-state index contributed by atoms with van der Waals surface area (Å²) in [6, 6.07) is 0.558. The van der Waals surface area contributed by atoms with Crippen LogP contribution in [0.3, 0.4) is 0 Å². The summed E-state index contributed by atoms with van der Waals surface area (Å²) in [7, 11) is 2.22. The lowest BCUT2D eigenvalue weighted by molar-refractivity contribution is 0.107. The first kappa shape index (κ1) is 15.4. The zero-order valence-electron chi connectivity index (χ0n) is 11.8. The van der Waals surface area contributed by atoms with Gasteiger partial charge in [0.2, 0.25) is 0 Å². The molecule has 0 aromatic carbocycles. The van der Waals surface area contributed by atoms with Crippen LogP contribution in [0.1, 0.15) is 47.0 Å². The van der Waals surface area contributed by atoms with Crippen LogP contribution in [0.2, 0.25) is 0 Å². The Bertz CT molecular complexity index is 228. The molecule has 0 fully saturated rings. The van der Waals surface area contributed by atoms with Crippen molar-refractivity contribution in [3.63, 3.8) is 0 Å². The first-order valence-corrected chi connectivity index (χ1v) is 6.39. The lowest BCUT2D eigenvalue weighted by Crippen LogP contribution is -2.43. The molecular weight excluding hydrogens is 194 g/mol. The van der Waals surface area contributed by atoms with Gasteiger partial charge in [-0.15, -0.1) is 0 Å². The van der Waals surface area contributed by atoms with E-state index in [0.29, 0.717) is 11.5 Å². The van der Waals surface area contributed by atoms with E-state index in [4.69, 9.17) is 0 Å². The minimum absolute atomic E-state index is 0.329. The van der Waals surface area contributed by atoms with Crippen molar-refractivity contribution < 1.29 is 0 Å². The Hall–Kier alpha value is -0.560. The zero-order chi connectivity index (χ0) is 12.8. The topological polar surface area (TPSA) is 3.24 Å². The van der Waals surface area contributed by atoms with Crippen LogP contribution in [0.5, 0.6) is 0 Å². The van der Waals surface area contributed by atoms with E-state index in [2.05, 4.69) is 52.8 Å². The van der Waals surface area contributed by atoms with Crippen LogP contribution in [0, 0.1) is 5.41 Å². The zero-order valence-corrected chi connectivity index (χ0v) is 11.8. The Morgan fingerprint density at radius 1 is 1.38 bits per heavy atom. The SMILES string of the molecule is C=CC(=C)CC(N(C)CCC)C(C)(C)CC. The van der Waals surface area contributed by atoms with Gasteiger partial charge < -0.3 is 4.90 Å². The van der Waals surface area contributed by atoms with E-state index in [-0.39, 0.29) is 0 Å². The lowest BCUT2D eigenvalue weighted by atomic mass is 9.78. The van der Waals surface area contributed by atoms with E-state index in [9.17, 15) is 0 Å². The summed E-state index contributed by atoms with van der Waals surface area (Å²) in [4.78, 5) is 2.47. The Kier molecular flexibility index (Phi) is 6.66.